The molecule has 1 nitrogen and oxygen atoms in total. The van der Waals surface area contributed by atoms with E-state index in [0.717, 1.165) is 17.9 Å². The first kappa shape index (κ1) is 7.08. The van der Waals surface area contributed by atoms with Gasteiger partial charge in [0.05, 0.1) is 0 Å². The summed E-state index contributed by atoms with van der Waals surface area (Å²) in [6, 6.07) is 0. The number of carbonyl (C=O) groups excluding carboxylic acids is 1. The minimum Gasteiger partial charge on any atom is -0.295 e. The van der Waals surface area contributed by atoms with Crippen LogP contribution in [-0.2, 0) is 4.79 Å². The third-order valence-electron chi connectivity index (χ3n) is 3.41. The zero-order valence-corrected chi connectivity index (χ0v) is 7.35. The van der Waals surface area contributed by atoms with E-state index in [1.54, 1.807) is 6.92 Å². The van der Waals surface area contributed by atoms with Gasteiger partial charge in [0.25, 0.3) is 0 Å². The molecule has 0 aliphatic heterocycles. The minimum absolute atomic E-state index is 0.271. The van der Waals surface area contributed by atoms with Crippen LogP contribution in [0.1, 0.15) is 27.2 Å². The highest BCUT2D eigenvalue weighted by molar-refractivity contribution is 5.94. The second-order valence-electron chi connectivity index (χ2n) is 4.41. The first-order valence-corrected chi connectivity index (χ1v) is 4.25. The van der Waals surface area contributed by atoms with Crippen molar-refractivity contribution in [1.29, 1.82) is 0 Å². The molecule has 1 fully saturated rings. The largest absolute Gasteiger partial charge is 0.295 e. The van der Waals surface area contributed by atoms with Crippen LogP contribution in [0.15, 0.2) is 11.6 Å². The van der Waals surface area contributed by atoms with E-state index in [0.29, 0.717) is 11.3 Å². The molecule has 0 amide bonds. The van der Waals surface area contributed by atoms with E-state index in [4.69, 9.17) is 0 Å². The normalized spacial score (nSPS) is 37.9. The molecule has 2 aliphatic carbocycles. The molecular formula is C10H14O. The van der Waals surface area contributed by atoms with Crippen molar-refractivity contribution in [3.8, 4) is 0 Å². The molecule has 1 saturated carbocycles. The number of Topliss-reactive ketones (excluding diaryl/α,β-unsaturated/α-hetero) is 1. The van der Waals surface area contributed by atoms with E-state index in [-0.39, 0.29) is 5.78 Å². The molecule has 0 radical (unpaired) electrons. The smallest absolute Gasteiger partial charge is 0.155 e. The van der Waals surface area contributed by atoms with E-state index < -0.39 is 0 Å². The molecule has 11 heavy (non-hydrogen) atoms. The third-order valence-corrected chi connectivity index (χ3v) is 3.41. The number of hydrogen-bond donors (Lipinski definition) is 0. The van der Waals surface area contributed by atoms with Gasteiger partial charge in [-0.05, 0) is 36.2 Å². The summed E-state index contributed by atoms with van der Waals surface area (Å²) < 4.78 is 0. The van der Waals surface area contributed by atoms with Gasteiger partial charge in [0.15, 0.2) is 5.78 Å². The average Bonchev–Trinajstić information content (AvgIpc) is 2.28. The van der Waals surface area contributed by atoms with Crippen molar-refractivity contribution < 1.29 is 4.79 Å². The van der Waals surface area contributed by atoms with Gasteiger partial charge in [-0.15, -0.1) is 0 Å². The summed E-state index contributed by atoms with van der Waals surface area (Å²) in [5.74, 6) is 1.76. The lowest BCUT2D eigenvalue weighted by atomic mass is 9.98. The van der Waals surface area contributed by atoms with Gasteiger partial charge >= 0.3 is 0 Å². The standard InChI is InChI=1S/C10H14O/c1-6(11)7-4-8-9(5-7)10(8,2)3/h4,8-9H,5H2,1-3H3/t8-,9+/m0/s1. The summed E-state index contributed by atoms with van der Waals surface area (Å²) in [6.07, 6.45) is 3.22. The van der Waals surface area contributed by atoms with Gasteiger partial charge in [0, 0.05) is 0 Å². The van der Waals surface area contributed by atoms with Gasteiger partial charge in [-0.1, -0.05) is 19.9 Å². The molecule has 60 valence electrons. The Morgan fingerprint density at radius 1 is 1.64 bits per heavy atom. The van der Waals surface area contributed by atoms with Crippen molar-refractivity contribution in [2.24, 2.45) is 17.3 Å². The molecule has 1 heteroatoms. The SMILES string of the molecule is CC(=O)C1=C[C@H]2[C@@H](C1)C2(C)C. The Kier molecular flexibility index (Phi) is 1.14. The van der Waals surface area contributed by atoms with Crippen molar-refractivity contribution in [3.05, 3.63) is 11.6 Å². The van der Waals surface area contributed by atoms with Crippen molar-refractivity contribution in [2.45, 2.75) is 27.2 Å². The maximum Gasteiger partial charge on any atom is 0.155 e. The first-order chi connectivity index (χ1) is 5.03. The number of ketones is 1. The zero-order chi connectivity index (χ0) is 8.22. The second-order valence-corrected chi connectivity index (χ2v) is 4.41. The fourth-order valence-corrected chi connectivity index (χ4v) is 2.29. The summed E-state index contributed by atoms with van der Waals surface area (Å²) in [4.78, 5) is 11.0. The van der Waals surface area contributed by atoms with Crippen LogP contribution in [0.25, 0.3) is 0 Å². The first-order valence-electron chi connectivity index (χ1n) is 4.25. The fourth-order valence-electron chi connectivity index (χ4n) is 2.29. The number of fused-ring (bicyclic) bond motifs is 1. The Morgan fingerprint density at radius 2 is 2.27 bits per heavy atom. The summed E-state index contributed by atoms with van der Waals surface area (Å²) in [6.45, 7) is 6.25. The lowest BCUT2D eigenvalue weighted by Crippen LogP contribution is -2.01. The van der Waals surface area contributed by atoms with Crippen LogP contribution in [0.3, 0.4) is 0 Å². The third kappa shape index (κ3) is 0.800. The molecule has 0 bridgehead atoms. The van der Waals surface area contributed by atoms with Gasteiger partial charge in [0.1, 0.15) is 0 Å². The van der Waals surface area contributed by atoms with Crippen molar-refractivity contribution in [2.75, 3.05) is 0 Å². The molecule has 0 spiro atoms. The predicted octanol–water partition coefficient (Wildman–Crippen LogP) is 2.18. The molecule has 0 unspecified atom stereocenters. The number of hydrogen-bond acceptors (Lipinski definition) is 1. The molecular weight excluding hydrogens is 136 g/mol. The molecule has 2 aliphatic rings. The Labute approximate surface area is 67.5 Å². The van der Waals surface area contributed by atoms with E-state index in [1.807, 2.05) is 0 Å². The number of rotatable bonds is 1. The summed E-state index contributed by atoms with van der Waals surface area (Å²) in [5.41, 5.74) is 1.57. The lowest BCUT2D eigenvalue weighted by molar-refractivity contribution is -0.113. The van der Waals surface area contributed by atoms with Gasteiger partial charge in [-0.25, -0.2) is 0 Å². The molecule has 0 aromatic carbocycles. The molecule has 2 rings (SSSR count). The summed E-state index contributed by atoms with van der Waals surface area (Å²) in [5, 5.41) is 0. The maximum atomic E-state index is 11.0. The van der Waals surface area contributed by atoms with E-state index in [1.165, 1.54) is 0 Å². The Hall–Kier alpha value is -0.590. The van der Waals surface area contributed by atoms with E-state index >= 15 is 0 Å². The average molecular weight is 150 g/mol. The van der Waals surface area contributed by atoms with Gasteiger partial charge in [0.2, 0.25) is 0 Å². The summed E-state index contributed by atoms with van der Waals surface area (Å²) in [7, 11) is 0. The van der Waals surface area contributed by atoms with Crippen molar-refractivity contribution in [3.63, 3.8) is 0 Å². The minimum atomic E-state index is 0.271. The van der Waals surface area contributed by atoms with Crippen LogP contribution in [0.5, 0.6) is 0 Å². The molecule has 0 aromatic rings. The Morgan fingerprint density at radius 3 is 2.64 bits per heavy atom. The summed E-state index contributed by atoms with van der Waals surface area (Å²) >= 11 is 0. The maximum absolute atomic E-state index is 11.0. The monoisotopic (exact) mass is 150 g/mol. The molecule has 0 heterocycles. The quantitative estimate of drug-likeness (QED) is 0.560. The van der Waals surface area contributed by atoms with Crippen LogP contribution >= 0.6 is 0 Å². The van der Waals surface area contributed by atoms with Crippen LogP contribution in [-0.4, -0.2) is 5.78 Å². The Bertz CT molecular complexity index is 248. The van der Waals surface area contributed by atoms with Crippen molar-refractivity contribution in [1.82, 2.24) is 0 Å². The van der Waals surface area contributed by atoms with Gasteiger partial charge < -0.3 is 0 Å². The van der Waals surface area contributed by atoms with Crippen LogP contribution < -0.4 is 0 Å². The molecule has 0 aromatic heterocycles. The van der Waals surface area contributed by atoms with Gasteiger partial charge in [-0.2, -0.15) is 0 Å². The molecule has 0 saturated heterocycles. The Balaban J connectivity index is 2.16. The molecule has 0 N–H and O–H groups in total. The van der Waals surface area contributed by atoms with Crippen LogP contribution in [0.4, 0.5) is 0 Å². The topological polar surface area (TPSA) is 17.1 Å². The van der Waals surface area contributed by atoms with Gasteiger partial charge in [-0.3, -0.25) is 4.79 Å². The number of carbonyl (C=O) groups is 1. The second kappa shape index (κ2) is 1.77. The fraction of sp³-hybridized carbons (Fsp3) is 0.700. The van der Waals surface area contributed by atoms with Crippen LogP contribution in [0, 0.1) is 17.3 Å². The van der Waals surface area contributed by atoms with Crippen molar-refractivity contribution >= 4 is 5.78 Å². The lowest BCUT2D eigenvalue weighted by Gasteiger charge is -2.06. The highest BCUT2D eigenvalue weighted by Gasteiger charge is 2.59. The zero-order valence-electron chi connectivity index (χ0n) is 7.35. The highest BCUT2D eigenvalue weighted by Crippen LogP contribution is 2.65. The number of allylic oxidation sites excluding steroid dienone is 2. The van der Waals surface area contributed by atoms with Crippen LogP contribution in [0.2, 0.25) is 0 Å². The van der Waals surface area contributed by atoms with E-state index in [9.17, 15) is 4.79 Å². The predicted molar refractivity (Wildman–Crippen MR) is 44.1 cm³/mol. The van der Waals surface area contributed by atoms with E-state index in [2.05, 4.69) is 19.9 Å². The molecule has 2 atom stereocenters. The highest BCUT2D eigenvalue weighted by atomic mass is 16.1.